The van der Waals surface area contributed by atoms with Crippen molar-refractivity contribution in [3.8, 4) is 5.75 Å². The summed E-state index contributed by atoms with van der Waals surface area (Å²) in [5.74, 6) is 0.343. The Morgan fingerprint density at radius 1 is 1.18 bits per heavy atom. The second kappa shape index (κ2) is 11.9. The minimum absolute atomic E-state index is 0.0974. The fourth-order valence-electron chi connectivity index (χ4n) is 1.91. The maximum atomic E-state index is 11.7. The number of Topliss-reactive ketones (excluding diaryl/α,β-unsaturated/α-hetero) is 1. The van der Waals surface area contributed by atoms with Gasteiger partial charge in [-0.3, -0.25) is 4.79 Å². The molecule has 0 aliphatic heterocycles. The Labute approximate surface area is 175 Å². The molecular formula is C20H24BClO5S. The summed E-state index contributed by atoms with van der Waals surface area (Å²) in [6.45, 7) is 7.05. The van der Waals surface area contributed by atoms with Gasteiger partial charge < -0.3 is 14.3 Å². The Hall–Kier alpha value is -1.80. The fraction of sp³-hybridized carbons (Fsp3) is 0.350. The zero-order valence-electron chi connectivity index (χ0n) is 16.4. The molecule has 0 spiro atoms. The summed E-state index contributed by atoms with van der Waals surface area (Å²) in [5.41, 5.74) is 0.593. The SMILES string of the molecule is CC(C)([S+]=O)C(=O)c1ccccc1.CCC(C)OB([O-])Oc1ccc(Cl)cc1. The molecule has 0 N–H and O–H groups in total. The number of halogens is 1. The van der Waals surface area contributed by atoms with Crippen LogP contribution >= 0.6 is 11.6 Å². The van der Waals surface area contributed by atoms with E-state index in [1.165, 1.54) is 0 Å². The van der Waals surface area contributed by atoms with Gasteiger partial charge in [0.25, 0.3) is 0 Å². The summed E-state index contributed by atoms with van der Waals surface area (Å²) < 4.78 is 19.8. The van der Waals surface area contributed by atoms with E-state index in [1.54, 1.807) is 62.4 Å². The van der Waals surface area contributed by atoms with Gasteiger partial charge >= 0.3 is 23.7 Å². The largest absolute Gasteiger partial charge is 0.820 e. The van der Waals surface area contributed by atoms with Gasteiger partial charge in [0.05, 0.1) is 5.75 Å². The van der Waals surface area contributed by atoms with Gasteiger partial charge in [-0.25, -0.2) is 0 Å². The van der Waals surface area contributed by atoms with E-state index in [0.29, 0.717) is 28.0 Å². The van der Waals surface area contributed by atoms with Gasteiger partial charge in [0.2, 0.25) is 5.78 Å². The smallest absolute Gasteiger partial charge is 0.473 e. The first kappa shape index (κ1) is 24.2. The standard InChI is InChI=1S/C10H13BClO3.C10H11O2S/c1-3-8(2)14-11(13)15-10-6-4-9(12)5-7-10;1-10(2,13-12)9(11)8-6-4-3-5-7-8/h4-8H,3H2,1-2H3;3-7H,1-2H3/q-1;+1. The number of carbonyl (C=O) groups is 1. The van der Waals surface area contributed by atoms with E-state index in [1.807, 2.05) is 19.9 Å². The zero-order valence-corrected chi connectivity index (χ0v) is 18.0. The molecule has 2 rings (SSSR count). The topological polar surface area (TPSA) is 75.7 Å². The molecule has 28 heavy (non-hydrogen) atoms. The van der Waals surface area contributed by atoms with Gasteiger partial charge in [0.15, 0.2) is 0 Å². The van der Waals surface area contributed by atoms with E-state index in [2.05, 4.69) is 0 Å². The van der Waals surface area contributed by atoms with Gasteiger partial charge in [-0.2, -0.15) is 0 Å². The Bertz CT molecular complexity index is 740. The number of rotatable bonds is 8. The monoisotopic (exact) mass is 422 g/mol. The minimum atomic E-state index is -1.49. The first-order valence-corrected chi connectivity index (χ1v) is 9.96. The van der Waals surface area contributed by atoms with Crippen LogP contribution in [0.2, 0.25) is 5.02 Å². The third-order valence-electron chi connectivity index (χ3n) is 3.76. The van der Waals surface area contributed by atoms with E-state index in [9.17, 15) is 14.0 Å². The molecule has 0 saturated carbocycles. The second-order valence-corrected chi connectivity index (χ2v) is 8.13. The molecule has 0 aromatic heterocycles. The predicted octanol–water partition coefficient (Wildman–Crippen LogP) is 3.96. The molecule has 1 unspecified atom stereocenters. The molecule has 0 aliphatic rings. The van der Waals surface area contributed by atoms with Crippen molar-refractivity contribution in [3.63, 3.8) is 0 Å². The zero-order chi connectivity index (χ0) is 21.2. The van der Waals surface area contributed by atoms with Crippen LogP contribution in [0, 0.1) is 0 Å². The average molecular weight is 423 g/mol. The molecule has 0 amide bonds. The van der Waals surface area contributed by atoms with Gasteiger partial charge in [-0.1, -0.05) is 48.9 Å². The van der Waals surface area contributed by atoms with Crippen molar-refractivity contribution < 1.29 is 23.3 Å². The highest BCUT2D eigenvalue weighted by Crippen LogP contribution is 2.16. The lowest BCUT2D eigenvalue weighted by atomic mass is 10.0. The van der Waals surface area contributed by atoms with Crippen LogP contribution < -0.4 is 9.68 Å². The van der Waals surface area contributed by atoms with Gasteiger partial charge in [0.1, 0.15) is 0 Å². The number of benzene rings is 2. The molecule has 1 atom stereocenters. The van der Waals surface area contributed by atoms with Crippen LogP contribution in [0.1, 0.15) is 44.5 Å². The van der Waals surface area contributed by atoms with E-state index in [4.69, 9.17) is 20.9 Å². The number of hydrogen-bond acceptors (Lipinski definition) is 5. The summed E-state index contributed by atoms with van der Waals surface area (Å²) in [7, 11) is -1.49. The van der Waals surface area contributed by atoms with Crippen molar-refractivity contribution in [2.24, 2.45) is 0 Å². The Morgan fingerprint density at radius 3 is 2.25 bits per heavy atom. The maximum Gasteiger partial charge on any atom is 0.473 e. The summed E-state index contributed by atoms with van der Waals surface area (Å²) in [4.78, 5) is 11.7. The van der Waals surface area contributed by atoms with Crippen molar-refractivity contribution in [1.29, 1.82) is 0 Å². The van der Waals surface area contributed by atoms with Gasteiger partial charge in [-0.05, 0) is 37.6 Å². The number of hydrogen-bond donors (Lipinski definition) is 0. The van der Waals surface area contributed by atoms with Crippen molar-refractivity contribution in [2.75, 3.05) is 0 Å². The molecule has 0 bridgehead atoms. The van der Waals surface area contributed by atoms with Crippen molar-refractivity contribution in [1.82, 2.24) is 0 Å². The Kier molecular flexibility index (Phi) is 10.3. The number of ketones is 1. The second-order valence-electron chi connectivity index (χ2n) is 6.50. The molecule has 0 saturated heterocycles. The highest BCUT2D eigenvalue weighted by molar-refractivity contribution is 7.68. The highest BCUT2D eigenvalue weighted by Gasteiger charge is 2.42. The van der Waals surface area contributed by atoms with E-state index in [0.717, 1.165) is 6.42 Å². The van der Waals surface area contributed by atoms with E-state index >= 15 is 0 Å². The molecular weight excluding hydrogens is 399 g/mol. The third kappa shape index (κ3) is 8.48. The Morgan fingerprint density at radius 2 is 1.75 bits per heavy atom. The lowest BCUT2D eigenvalue weighted by Crippen LogP contribution is -2.43. The van der Waals surface area contributed by atoms with Gasteiger partial charge in [-0.15, -0.1) is 0 Å². The van der Waals surface area contributed by atoms with Crippen molar-refractivity contribution in [3.05, 3.63) is 65.2 Å². The van der Waals surface area contributed by atoms with Crippen molar-refractivity contribution in [2.45, 2.75) is 45.0 Å². The van der Waals surface area contributed by atoms with Crippen LogP contribution in [-0.2, 0) is 20.5 Å². The van der Waals surface area contributed by atoms with Crippen LogP contribution in [0.25, 0.3) is 0 Å². The Balaban J connectivity index is 0.000000283. The summed E-state index contributed by atoms with van der Waals surface area (Å²) in [6, 6.07) is 15.5. The number of carbonyl (C=O) groups excluding carboxylic acids is 1. The molecule has 0 heterocycles. The third-order valence-corrected chi connectivity index (χ3v) is 4.61. The summed E-state index contributed by atoms with van der Waals surface area (Å²) in [6.07, 6.45) is 0.683. The van der Waals surface area contributed by atoms with E-state index in [-0.39, 0.29) is 11.9 Å². The summed E-state index contributed by atoms with van der Waals surface area (Å²) in [5, 5.41) is 11.9. The van der Waals surface area contributed by atoms with E-state index < -0.39 is 12.1 Å². The molecule has 5 nitrogen and oxygen atoms in total. The highest BCUT2D eigenvalue weighted by atomic mass is 35.5. The molecule has 2 aromatic rings. The quantitative estimate of drug-likeness (QED) is 0.366. The lowest BCUT2D eigenvalue weighted by Gasteiger charge is -2.23. The van der Waals surface area contributed by atoms with Crippen LogP contribution in [0.4, 0.5) is 0 Å². The predicted molar refractivity (Wildman–Crippen MR) is 112 cm³/mol. The van der Waals surface area contributed by atoms with Crippen LogP contribution in [0.5, 0.6) is 5.75 Å². The fourth-order valence-corrected chi connectivity index (χ4v) is 2.23. The molecule has 0 radical (unpaired) electrons. The molecule has 8 heteroatoms. The minimum Gasteiger partial charge on any atom is -0.820 e. The normalized spacial score (nSPS) is 11.6. The lowest BCUT2D eigenvalue weighted by molar-refractivity contribution is -0.249. The molecule has 150 valence electrons. The van der Waals surface area contributed by atoms with Crippen LogP contribution in [-0.4, -0.2) is 24.0 Å². The molecule has 0 fully saturated rings. The molecule has 2 aromatic carbocycles. The average Bonchev–Trinajstić information content (AvgIpc) is 2.70. The first-order valence-electron chi connectivity index (χ1n) is 8.84. The van der Waals surface area contributed by atoms with Crippen molar-refractivity contribution >= 4 is 36.4 Å². The maximum absolute atomic E-state index is 11.7. The van der Waals surface area contributed by atoms with Gasteiger partial charge in [0, 0.05) is 34.7 Å². The summed E-state index contributed by atoms with van der Waals surface area (Å²) >= 11 is 6.02. The van der Waals surface area contributed by atoms with Crippen LogP contribution in [0.15, 0.2) is 54.6 Å². The van der Waals surface area contributed by atoms with Crippen LogP contribution in [0.3, 0.4) is 0 Å². The molecule has 0 aliphatic carbocycles. The first-order chi connectivity index (χ1) is 13.2.